The number of halogens is 1. The maximum absolute atomic E-state index is 12.4. The lowest BCUT2D eigenvalue weighted by atomic mass is 10.1. The fraction of sp³-hybridized carbons (Fsp3) is 0.100. The van der Waals surface area contributed by atoms with Crippen molar-refractivity contribution in [1.29, 1.82) is 0 Å². The van der Waals surface area contributed by atoms with Crippen LogP contribution >= 0.6 is 22.6 Å². The molecule has 1 aromatic heterocycles. The number of ether oxygens (including phenoxy) is 1. The van der Waals surface area contributed by atoms with Crippen molar-refractivity contribution in [3.63, 3.8) is 0 Å². The predicted octanol–water partition coefficient (Wildman–Crippen LogP) is 5.35. The van der Waals surface area contributed by atoms with Crippen LogP contribution in [0.1, 0.15) is 21.7 Å². The van der Waals surface area contributed by atoms with Gasteiger partial charge in [0.05, 0.1) is 14.8 Å². The van der Waals surface area contributed by atoms with Crippen LogP contribution in [0.3, 0.4) is 0 Å². The highest BCUT2D eigenvalue weighted by Crippen LogP contribution is 2.27. The zero-order valence-electron chi connectivity index (χ0n) is 13.9. The van der Waals surface area contributed by atoms with Crippen LogP contribution in [-0.2, 0) is 0 Å². The van der Waals surface area contributed by atoms with Crippen LogP contribution in [0.25, 0.3) is 0 Å². The first kappa shape index (κ1) is 17.4. The molecule has 0 aliphatic rings. The van der Waals surface area contributed by atoms with Crippen LogP contribution in [0, 0.1) is 17.4 Å². The molecule has 5 heteroatoms. The van der Waals surface area contributed by atoms with Gasteiger partial charge in [0.1, 0.15) is 11.5 Å². The van der Waals surface area contributed by atoms with Crippen LogP contribution in [0.4, 0.5) is 5.69 Å². The van der Waals surface area contributed by atoms with Crippen molar-refractivity contribution in [3.8, 4) is 11.5 Å². The Labute approximate surface area is 160 Å². The topological polar surface area (TPSA) is 51.2 Å². The minimum Gasteiger partial charge on any atom is -0.456 e. The molecule has 0 radical (unpaired) electrons. The van der Waals surface area contributed by atoms with Crippen LogP contribution in [-0.4, -0.2) is 10.9 Å². The summed E-state index contributed by atoms with van der Waals surface area (Å²) in [5.74, 6) is 1.35. The number of carbonyl (C=O) groups is 1. The zero-order chi connectivity index (χ0) is 17.8. The molecule has 0 saturated heterocycles. The normalized spacial score (nSPS) is 10.4. The molecule has 0 fully saturated rings. The standard InChI is InChI=1S/C20H17IN2O2/c1-13-7-12-17(14(2)22-13)20(24)23-15-8-10-16(11-9-15)25-19-6-4-3-5-18(19)21/h3-12H,1-2H3,(H,23,24). The fourth-order valence-electron chi connectivity index (χ4n) is 2.39. The molecule has 1 amide bonds. The number of rotatable bonds is 4. The molecular formula is C20H17IN2O2. The van der Waals surface area contributed by atoms with E-state index in [4.69, 9.17) is 4.74 Å². The number of para-hydroxylation sites is 1. The van der Waals surface area contributed by atoms with Crippen LogP contribution in [0.2, 0.25) is 0 Å². The molecule has 3 aromatic rings. The lowest BCUT2D eigenvalue weighted by Crippen LogP contribution is -2.14. The van der Waals surface area contributed by atoms with E-state index in [1.807, 2.05) is 68.4 Å². The largest absolute Gasteiger partial charge is 0.456 e. The number of carbonyl (C=O) groups excluding carboxylic acids is 1. The van der Waals surface area contributed by atoms with Crippen molar-refractivity contribution >= 4 is 34.2 Å². The van der Waals surface area contributed by atoms with Crippen molar-refractivity contribution in [1.82, 2.24) is 4.98 Å². The monoisotopic (exact) mass is 444 g/mol. The smallest absolute Gasteiger partial charge is 0.257 e. The summed E-state index contributed by atoms with van der Waals surface area (Å²) in [6.07, 6.45) is 0. The first-order chi connectivity index (χ1) is 12.0. The third-order valence-electron chi connectivity index (χ3n) is 3.65. The Morgan fingerprint density at radius 1 is 1.00 bits per heavy atom. The molecule has 0 bridgehead atoms. The number of hydrogen-bond donors (Lipinski definition) is 1. The van der Waals surface area contributed by atoms with Gasteiger partial charge in [0.25, 0.3) is 5.91 Å². The highest BCUT2D eigenvalue weighted by atomic mass is 127. The number of nitrogens with zero attached hydrogens (tertiary/aromatic N) is 1. The van der Waals surface area contributed by atoms with E-state index < -0.39 is 0 Å². The van der Waals surface area contributed by atoms with Gasteiger partial charge in [-0.05, 0) is 85.0 Å². The minimum absolute atomic E-state index is 0.170. The molecule has 25 heavy (non-hydrogen) atoms. The highest BCUT2D eigenvalue weighted by Gasteiger charge is 2.10. The van der Waals surface area contributed by atoms with Crippen molar-refractivity contribution in [2.45, 2.75) is 13.8 Å². The number of aromatic nitrogens is 1. The quantitative estimate of drug-likeness (QED) is 0.553. The molecule has 1 heterocycles. The lowest BCUT2D eigenvalue weighted by molar-refractivity contribution is 0.102. The summed E-state index contributed by atoms with van der Waals surface area (Å²) in [4.78, 5) is 16.7. The van der Waals surface area contributed by atoms with Crippen molar-refractivity contribution in [3.05, 3.63) is 81.2 Å². The van der Waals surface area contributed by atoms with Gasteiger partial charge in [-0.1, -0.05) is 12.1 Å². The molecule has 2 aromatic carbocycles. The molecule has 0 unspecified atom stereocenters. The molecule has 0 aliphatic carbocycles. The van der Waals surface area contributed by atoms with Crippen LogP contribution < -0.4 is 10.1 Å². The van der Waals surface area contributed by atoms with Gasteiger partial charge in [0, 0.05) is 11.4 Å². The predicted molar refractivity (Wildman–Crippen MR) is 107 cm³/mol. The molecule has 0 spiro atoms. The summed E-state index contributed by atoms with van der Waals surface area (Å²) >= 11 is 2.23. The SMILES string of the molecule is Cc1ccc(C(=O)Nc2ccc(Oc3ccccc3I)cc2)c(C)n1. The zero-order valence-corrected chi connectivity index (χ0v) is 16.1. The second kappa shape index (κ2) is 7.65. The number of nitrogens with one attached hydrogen (secondary N) is 1. The molecule has 0 aliphatic heterocycles. The Kier molecular flexibility index (Phi) is 5.33. The summed E-state index contributed by atoms with van der Waals surface area (Å²) in [5.41, 5.74) is 2.90. The van der Waals surface area contributed by atoms with Crippen LogP contribution in [0.5, 0.6) is 11.5 Å². The highest BCUT2D eigenvalue weighted by molar-refractivity contribution is 14.1. The van der Waals surface area contributed by atoms with E-state index in [1.165, 1.54) is 0 Å². The maximum atomic E-state index is 12.4. The Morgan fingerprint density at radius 2 is 1.72 bits per heavy atom. The van der Waals surface area contributed by atoms with E-state index in [-0.39, 0.29) is 5.91 Å². The summed E-state index contributed by atoms with van der Waals surface area (Å²) < 4.78 is 6.90. The number of anilines is 1. The van der Waals surface area contributed by atoms with Gasteiger partial charge in [-0.25, -0.2) is 0 Å². The molecule has 0 saturated carbocycles. The second-order valence-corrected chi connectivity index (χ2v) is 6.76. The summed E-state index contributed by atoms with van der Waals surface area (Å²) in [6.45, 7) is 3.74. The fourth-order valence-corrected chi connectivity index (χ4v) is 2.88. The van der Waals surface area contributed by atoms with Crippen molar-refractivity contribution in [2.24, 2.45) is 0 Å². The summed E-state index contributed by atoms with van der Waals surface area (Å²) in [7, 11) is 0. The van der Waals surface area contributed by atoms with Gasteiger partial charge in [-0.2, -0.15) is 0 Å². The minimum atomic E-state index is -0.170. The average molecular weight is 444 g/mol. The third kappa shape index (κ3) is 4.36. The molecular weight excluding hydrogens is 427 g/mol. The van der Waals surface area contributed by atoms with Gasteiger partial charge < -0.3 is 10.1 Å². The second-order valence-electron chi connectivity index (χ2n) is 5.60. The van der Waals surface area contributed by atoms with Crippen molar-refractivity contribution < 1.29 is 9.53 Å². The summed E-state index contributed by atoms with van der Waals surface area (Å²) in [6, 6.07) is 18.7. The summed E-state index contributed by atoms with van der Waals surface area (Å²) in [5, 5.41) is 2.88. The van der Waals surface area contributed by atoms with E-state index >= 15 is 0 Å². The van der Waals surface area contributed by atoms with Gasteiger partial charge in [0.15, 0.2) is 0 Å². The number of benzene rings is 2. The van der Waals surface area contributed by atoms with E-state index in [1.54, 1.807) is 6.07 Å². The number of aryl methyl sites for hydroxylation is 2. The van der Waals surface area contributed by atoms with E-state index in [0.29, 0.717) is 11.3 Å². The van der Waals surface area contributed by atoms with E-state index in [2.05, 4.69) is 32.9 Å². The van der Waals surface area contributed by atoms with Gasteiger partial charge in [-0.15, -0.1) is 0 Å². The Bertz CT molecular complexity index is 908. The third-order valence-corrected chi connectivity index (χ3v) is 4.54. The van der Waals surface area contributed by atoms with Crippen LogP contribution in [0.15, 0.2) is 60.7 Å². The van der Waals surface area contributed by atoms with Gasteiger partial charge >= 0.3 is 0 Å². The maximum Gasteiger partial charge on any atom is 0.257 e. The molecule has 4 nitrogen and oxygen atoms in total. The molecule has 1 N–H and O–H groups in total. The van der Waals surface area contributed by atoms with Gasteiger partial charge in [-0.3, -0.25) is 9.78 Å². The number of hydrogen-bond acceptors (Lipinski definition) is 3. The lowest BCUT2D eigenvalue weighted by Gasteiger charge is -2.10. The Hall–Kier alpha value is -2.41. The first-order valence-corrected chi connectivity index (χ1v) is 8.89. The average Bonchev–Trinajstić information content (AvgIpc) is 2.58. The van der Waals surface area contributed by atoms with E-state index in [9.17, 15) is 4.79 Å². The van der Waals surface area contributed by atoms with E-state index in [0.717, 1.165) is 26.5 Å². The van der Waals surface area contributed by atoms with Crippen molar-refractivity contribution in [2.75, 3.05) is 5.32 Å². The van der Waals surface area contributed by atoms with Gasteiger partial charge in [0.2, 0.25) is 0 Å². The molecule has 126 valence electrons. The number of amides is 1. The Balaban J connectivity index is 1.70. The Morgan fingerprint density at radius 3 is 2.40 bits per heavy atom. The first-order valence-electron chi connectivity index (χ1n) is 7.81. The molecule has 3 rings (SSSR count). The number of pyridine rings is 1. The molecule has 0 atom stereocenters.